The van der Waals surface area contributed by atoms with Crippen LogP contribution in [0.15, 0.2) is 6.20 Å². The lowest BCUT2D eigenvalue weighted by Gasteiger charge is -2.26. The molecule has 19 heavy (non-hydrogen) atoms. The molecule has 1 aromatic heterocycles. The summed E-state index contributed by atoms with van der Waals surface area (Å²) in [5, 5.41) is 3.28. The molecule has 0 bridgehead atoms. The maximum absolute atomic E-state index is 5.33. The Bertz CT molecular complexity index is 404. The van der Waals surface area contributed by atoms with Gasteiger partial charge in [-0.1, -0.05) is 0 Å². The number of aromatic nitrogens is 2. The number of rotatable bonds is 5. The zero-order chi connectivity index (χ0) is 13.7. The van der Waals surface area contributed by atoms with Crippen molar-refractivity contribution in [3.8, 4) is 0 Å². The molecule has 1 saturated heterocycles. The van der Waals surface area contributed by atoms with Crippen LogP contribution in [0.2, 0.25) is 0 Å². The van der Waals surface area contributed by atoms with Crippen LogP contribution in [0, 0.1) is 6.92 Å². The van der Waals surface area contributed by atoms with Gasteiger partial charge in [-0.3, -0.25) is 4.90 Å². The first kappa shape index (κ1) is 14.0. The lowest BCUT2D eigenvalue weighted by Crippen LogP contribution is -2.39. The van der Waals surface area contributed by atoms with Crippen molar-refractivity contribution in [2.75, 3.05) is 63.7 Å². The van der Waals surface area contributed by atoms with Crippen molar-refractivity contribution in [2.45, 2.75) is 6.92 Å². The summed E-state index contributed by atoms with van der Waals surface area (Å²) >= 11 is 0. The highest BCUT2D eigenvalue weighted by molar-refractivity contribution is 5.47. The van der Waals surface area contributed by atoms with E-state index in [9.17, 15) is 0 Å². The number of hydrogen-bond donors (Lipinski definition) is 1. The molecule has 1 aliphatic rings. The van der Waals surface area contributed by atoms with Crippen molar-refractivity contribution in [1.82, 2.24) is 14.9 Å². The summed E-state index contributed by atoms with van der Waals surface area (Å²) in [4.78, 5) is 13.2. The van der Waals surface area contributed by atoms with E-state index in [0.29, 0.717) is 5.95 Å². The zero-order valence-electron chi connectivity index (χ0n) is 12.0. The highest BCUT2D eigenvalue weighted by Crippen LogP contribution is 2.14. The number of hydrogen-bond acceptors (Lipinski definition) is 6. The van der Waals surface area contributed by atoms with Gasteiger partial charge in [-0.05, 0) is 6.92 Å². The Balaban J connectivity index is 1.83. The third kappa shape index (κ3) is 4.04. The van der Waals surface area contributed by atoms with Crippen LogP contribution in [0.1, 0.15) is 5.56 Å². The summed E-state index contributed by atoms with van der Waals surface area (Å²) in [6.45, 7) is 7.58. The third-order valence-electron chi connectivity index (χ3n) is 3.18. The molecule has 1 N–H and O–H groups in total. The van der Waals surface area contributed by atoms with E-state index in [1.54, 1.807) is 0 Å². The van der Waals surface area contributed by atoms with E-state index < -0.39 is 0 Å². The molecule has 0 aromatic carbocycles. The predicted octanol–water partition coefficient (Wildman–Crippen LogP) is 0.595. The van der Waals surface area contributed by atoms with Crippen LogP contribution in [0.4, 0.5) is 11.8 Å². The molecular formula is C13H23N5O. The predicted molar refractivity (Wildman–Crippen MR) is 76.8 cm³/mol. The summed E-state index contributed by atoms with van der Waals surface area (Å²) in [5.74, 6) is 1.66. The quantitative estimate of drug-likeness (QED) is 0.841. The minimum Gasteiger partial charge on any atom is -0.379 e. The lowest BCUT2D eigenvalue weighted by molar-refractivity contribution is 0.0398. The van der Waals surface area contributed by atoms with E-state index in [-0.39, 0.29) is 0 Å². The van der Waals surface area contributed by atoms with Gasteiger partial charge >= 0.3 is 0 Å². The first-order valence-electron chi connectivity index (χ1n) is 6.72. The Kier molecular flexibility index (Phi) is 4.93. The van der Waals surface area contributed by atoms with Crippen LogP contribution < -0.4 is 10.2 Å². The maximum Gasteiger partial charge on any atom is 0.224 e. The number of ether oxygens (including phenoxy) is 1. The standard InChI is InChI=1S/C13H23N5O/c1-11-10-15-13(16-12(11)17(2)3)14-4-5-18-6-8-19-9-7-18/h10H,4-9H2,1-3H3,(H,14,15,16). The van der Waals surface area contributed by atoms with E-state index in [0.717, 1.165) is 50.8 Å². The molecule has 6 nitrogen and oxygen atoms in total. The van der Waals surface area contributed by atoms with Crippen LogP contribution in [0.25, 0.3) is 0 Å². The molecule has 0 aliphatic carbocycles. The van der Waals surface area contributed by atoms with Gasteiger partial charge in [0.25, 0.3) is 0 Å². The van der Waals surface area contributed by atoms with Gasteiger partial charge in [0.1, 0.15) is 5.82 Å². The molecule has 1 fully saturated rings. The molecule has 0 saturated carbocycles. The van der Waals surface area contributed by atoms with Crippen LogP contribution in [0.3, 0.4) is 0 Å². The summed E-state index contributed by atoms with van der Waals surface area (Å²) in [6, 6.07) is 0. The summed E-state index contributed by atoms with van der Waals surface area (Å²) in [5.41, 5.74) is 1.09. The van der Waals surface area contributed by atoms with Crippen molar-refractivity contribution in [3.63, 3.8) is 0 Å². The number of aryl methyl sites for hydroxylation is 1. The fraction of sp³-hybridized carbons (Fsp3) is 0.692. The Morgan fingerprint density at radius 1 is 1.37 bits per heavy atom. The van der Waals surface area contributed by atoms with E-state index in [4.69, 9.17) is 4.74 Å². The molecule has 0 unspecified atom stereocenters. The smallest absolute Gasteiger partial charge is 0.224 e. The highest BCUT2D eigenvalue weighted by atomic mass is 16.5. The van der Waals surface area contributed by atoms with Gasteiger partial charge in [-0.15, -0.1) is 0 Å². The van der Waals surface area contributed by atoms with Crippen molar-refractivity contribution in [3.05, 3.63) is 11.8 Å². The second-order valence-electron chi connectivity index (χ2n) is 4.98. The minimum atomic E-state index is 0.697. The molecule has 1 aromatic rings. The molecule has 0 atom stereocenters. The van der Waals surface area contributed by atoms with Crippen LogP contribution in [-0.4, -0.2) is 68.4 Å². The summed E-state index contributed by atoms with van der Waals surface area (Å²) < 4.78 is 5.33. The number of morpholine rings is 1. The zero-order valence-corrected chi connectivity index (χ0v) is 12.0. The number of nitrogens with one attached hydrogen (secondary N) is 1. The Labute approximate surface area is 114 Å². The van der Waals surface area contributed by atoms with Gasteiger partial charge in [0.15, 0.2) is 0 Å². The third-order valence-corrected chi connectivity index (χ3v) is 3.18. The fourth-order valence-electron chi connectivity index (χ4n) is 2.12. The van der Waals surface area contributed by atoms with Gasteiger partial charge in [0.05, 0.1) is 13.2 Å². The van der Waals surface area contributed by atoms with Crippen LogP contribution in [-0.2, 0) is 4.74 Å². The SMILES string of the molecule is Cc1cnc(NCCN2CCOCC2)nc1N(C)C. The lowest BCUT2D eigenvalue weighted by atomic mass is 10.3. The molecule has 6 heteroatoms. The van der Waals surface area contributed by atoms with Crippen molar-refractivity contribution in [1.29, 1.82) is 0 Å². The van der Waals surface area contributed by atoms with E-state index >= 15 is 0 Å². The largest absolute Gasteiger partial charge is 0.379 e. The molecule has 106 valence electrons. The highest BCUT2D eigenvalue weighted by Gasteiger charge is 2.10. The van der Waals surface area contributed by atoms with E-state index in [2.05, 4.69) is 20.2 Å². The Hall–Kier alpha value is -1.40. The molecule has 1 aliphatic heterocycles. The van der Waals surface area contributed by atoms with Crippen LogP contribution in [0.5, 0.6) is 0 Å². The van der Waals surface area contributed by atoms with Gasteiger partial charge in [0.2, 0.25) is 5.95 Å². The monoisotopic (exact) mass is 265 g/mol. The molecule has 2 rings (SSSR count). The Morgan fingerprint density at radius 3 is 2.79 bits per heavy atom. The number of anilines is 2. The topological polar surface area (TPSA) is 53.5 Å². The fourth-order valence-corrected chi connectivity index (χ4v) is 2.12. The first-order chi connectivity index (χ1) is 9.16. The van der Waals surface area contributed by atoms with Gasteiger partial charge < -0.3 is 15.0 Å². The van der Waals surface area contributed by atoms with E-state index in [1.807, 2.05) is 32.1 Å². The molecule has 2 heterocycles. The minimum absolute atomic E-state index is 0.697. The second kappa shape index (κ2) is 6.68. The maximum atomic E-state index is 5.33. The van der Waals surface area contributed by atoms with Crippen molar-refractivity contribution in [2.24, 2.45) is 0 Å². The van der Waals surface area contributed by atoms with Crippen molar-refractivity contribution >= 4 is 11.8 Å². The molecule has 0 radical (unpaired) electrons. The first-order valence-corrected chi connectivity index (χ1v) is 6.72. The summed E-state index contributed by atoms with van der Waals surface area (Å²) in [7, 11) is 3.99. The second-order valence-corrected chi connectivity index (χ2v) is 4.98. The van der Waals surface area contributed by atoms with Gasteiger partial charge in [-0.2, -0.15) is 4.98 Å². The van der Waals surface area contributed by atoms with E-state index in [1.165, 1.54) is 0 Å². The van der Waals surface area contributed by atoms with Gasteiger partial charge in [-0.25, -0.2) is 4.98 Å². The summed E-state index contributed by atoms with van der Waals surface area (Å²) in [6.07, 6.45) is 1.86. The van der Waals surface area contributed by atoms with Crippen LogP contribution >= 0.6 is 0 Å². The number of nitrogens with zero attached hydrogens (tertiary/aromatic N) is 4. The molecular weight excluding hydrogens is 242 g/mol. The molecule has 0 spiro atoms. The normalized spacial score (nSPS) is 16.4. The Morgan fingerprint density at radius 2 is 2.11 bits per heavy atom. The molecule has 0 amide bonds. The average molecular weight is 265 g/mol. The average Bonchev–Trinajstić information content (AvgIpc) is 2.41. The van der Waals surface area contributed by atoms with Crippen molar-refractivity contribution < 1.29 is 4.74 Å². The van der Waals surface area contributed by atoms with Gasteiger partial charge in [0, 0.05) is 52.0 Å².